The topological polar surface area (TPSA) is 47.8 Å². The SMILES string of the molecule is CCc1ccc(Cn2c(SCc3cccc(F)c3)nc3c(sc4ncccc43)c2=O)cc1. The van der Waals surface area contributed by atoms with Gasteiger partial charge in [-0.1, -0.05) is 55.1 Å². The zero-order valence-electron chi connectivity index (χ0n) is 17.4. The monoisotopic (exact) mass is 461 g/mol. The number of thioether (sulfide) groups is 1. The van der Waals surface area contributed by atoms with Crippen molar-refractivity contribution in [1.29, 1.82) is 0 Å². The van der Waals surface area contributed by atoms with E-state index in [1.807, 2.05) is 18.2 Å². The summed E-state index contributed by atoms with van der Waals surface area (Å²) in [4.78, 5) is 23.6. The summed E-state index contributed by atoms with van der Waals surface area (Å²) in [6.45, 7) is 2.55. The van der Waals surface area contributed by atoms with Crippen molar-refractivity contribution in [1.82, 2.24) is 14.5 Å². The average molecular weight is 462 g/mol. The lowest BCUT2D eigenvalue weighted by Crippen LogP contribution is -2.23. The van der Waals surface area contributed by atoms with Gasteiger partial charge >= 0.3 is 0 Å². The minimum Gasteiger partial charge on any atom is -0.282 e. The summed E-state index contributed by atoms with van der Waals surface area (Å²) < 4.78 is 16.0. The van der Waals surface area contributed by atoms with E-state index in [-0.39, 0.29) is 11.4 Å². The molecule has 5 rings (SSSR count). The second-order valence-electron chi connectivity index (χ2n) is 7.51. The maximum Gasteiger partial charge on any atom is 0.272 e. The van der Waals surface area contributed by atoms with Crippen molar-refractivity contribution in [3.8, 4) is 0 Å². The third-order valence-corrected chi connectivity index (χ3v) is 7.49. The van der Waals surface area contributed by atoms with E-state index >= 15 is 0 Å². The highest BCUT2D eigenvalue weighted by Crippen LogP contribution is 2.31. The van der Waals surface area contributed by atoms with Gasteiger partial charge in [0.25, 0.3) is 5.56 Å². The highest BCUT2D eigenvalue weighted by atomic mass is 32.2. The van der Waals surface area contributed by atoms with Crippen LogP contribution < -0.4 is 5.56 Å². The summed E-state index contributed by atoms with van der Waals surface area (Å²) in [6, 6.07) is 18.6. The normalized spacial score (nSPS) is 11.4. The fraction of sp³-hybridized carbons (Fsp3) is 0.160. The molecule has 0 aliphatic rings. The van der Waals surface area contributed by atoms with E-state index in [0.29, 0.717) is 27.7 Å². The lowest BCUT2D eigenvalue weighted by atomic mass is 10.1. The molecule has 3 heterocycles. The molecule has 0 unspecified atom stereocenters. The zero-order valence-corrected chi connectivity index (χ0v) is 19.0. The zero-order chi connectivity index (χ0) is 22.1. The van der Waals surface area contributed by atoms with Gasteiger partial charge in [-0.25, -0.2) is 14.4 Å². The fourth-order valence-corrected chi connectivity index (χ4v) is 5.59. The smallest absolute Gasteiger partial charge is 0.272 e. The van der Waals surface area contributed by atoms with Crippen molar-refractivity contribution < 1.29 is 4.39 Å². The standard InChI is InChI=1S/C25H20FN3OS2/c1-2-16-8-10-17(11-9-16)14-29-24(30)22-21(20-7-4-12-27-23(20)32-22)28-25(29)31-15-18-5-3-6-19(26)13-18/h3-13H,2,14-15H2,1H3. The Labute approximate surface area is 192 Å². The Morgan fingerprint density at radius 2 is 1.84 bits per heavy atom. The van der Waals surface area contributed by atoms with E-state index in [4.69, 9.17) is 4.98 Å². The van der Waals surface area contributed by atoms with Gasteiger partial charge in [-0.3, -0.25) is 9.36 Å². The number of fused-ring (bicyclic) bond motifs is 3. The highest BCUT2D eigenvalue weighted by molar-refractivity contribution is 7.98. The van der Waals surface area contributed by atoms with Gasteiger partial charge in [-0.15, -0.1) is 11.3 Å². The molecule has 0 N–H and O–H groups in total. The molecule has 32 heavy (non-hydrogen) atoms. The molecule has 4 nitrogen and oxygen atoms in total. The van der Waals surface area contributed by atoms with Crippen LogP contribution in [0.1, 0.15) is 23.6 Å². The fourth-order valence-electron chi connectivity index (χ4n) is 3.63. The van der Waals surface area contributed by atoms with E-state index in [0.717, 1.165) is 27.8 Å². The maximum absolute atomic E-state index is 13.6. The average Bonchev–Trinajstić information content (AvgIpc) is 3.19. The van der Waals surface area contributed by atoms with Gasteiger partial charge in [0.1, 0.15) is 15.3 Å². The van der Waals surface area contributed by atoms with Gasteiger partial charge in [0, 0.05) is 17.3 Å². The third kappa shape index (κ3) is 4.06. The number of hydrogen-bond donors (Lipinski definition) is 0. The summed E-state index contributed by atoms with van der Waals surface area (Å²) in [5, 5.41) is 1.51. The lowest BCUT2D eigenvalue weighted by Gasteiger charge is -2.13. The second kappa shape index (κ2) is 8.84. The van der Waals surface area contributed by atoms with Crippen LogP contribution in [0.25, 0.3) is 20.4 Å². The molecule has 0 spiro atoms. The van der Waals surface area contributed by atoms with Crippen molar-refractivity contribution in [2.75, 3.05) is 0 Å². The first-order valence-electron chi connectivity index (χ1n) is 10.4. The molecule has 0 saturated carbocycles. The van der Waals surface area contributed by atoms with E-state index < -0.39 is 0 Å². The van der Waals surface area contributed by atoms with E-state index in [9.17, 15) is 9.18 Å². The Balaban J connectivity index is 1.61. The molecule has 0 amide bonds. The quantitative estimate of drug-likeness (QED) is 0.228. The molecule has 3 aromatic heterocycles. The Hall–Kier alpha value is -3.03. The number of thiophene rings is 1. The predicted molar refractivity (Wildman–Crippen MR) is 130 cm³/mol. The summed E-state index contributed by atoms with van der Waals surface area (Å²) >= 11 is 2.82. The molecule has 0 aliphatic carbocycles. The Kier molecular flexibility index (Phi) is 5.76. The van der Waals surface area contributed by atoms with Gasteiger partial charge < -0.3 is 0 Å². The molecular formula is C25H20FN3OS2. The lowest BCUT2D eigenvalue weighted by molar-refractivity contribution is 0.626. The summed E-state index contributed by atoms with van der Waals surface area (Å²) in [5.41, 5.74) is 3.75. The predicted octanol–water partition coefficient (Wildman–Crippen LogP) is 6.05. The molecule has 160 valence electrons. The van der Waals surface area contributed by atoms with Crippen LogP contribution in [0.5, 0.6) is 0 Å². The molecule has 0 atom stereocenters. The molecule has 0 fully saturated rings. The molecule has 5 aromatic rings. The van der Waals surface area contributed by atoms with Crippen LogP contribution in [-0.4, -0.2) is 14.5 Å². The highest BCUT2D eigenvalue weighted by Gasteiger charge is 2.17. The summed E-state index contributed by atoms with van der Waals surface area (Å²) in [7, 11) is 0. The van der Waals surface area contributed by atoms with Gasteiger partial charge in [-0.05, 0) is 47.4 Å². The molecular weight excluding hydrogens is 441 g/mol. The maximum atomic E-state index is 13.6. The van der Waals surface area contributed by atoms with Crippen molar-refractivity contribution in [3.05, 3.63) is 99.7 Å². The largest absolute Gasteiger partial charge is 0.282 e. The molecule has 0 aliphatic heterocycles. The van der Waals surface area contributed by atoms with Crippen LogP contribution in [0, 0.1) is 5.82 Å². The summed E-state index contributed by atoms with van der Waals surface area (Å²) in [6.07, 6.45) is 2.70. The van der Waals surface area contributed by atoms with Crippen LogP contribution in [0.3, 0.4) is 0 Å². The van der Waals surface area contributed by atoms with Crippen LogP contribution >= 0.6 is 23.1 Å². The molecule has 0 radical (unpaired) electrons. The second-order valence-corrected chi connectivity index (χ2v) is 9.45. The van der Waals surface area contributed by atoms with E-state index in [1.165, 1.54) is 40.8 Å². The number of hydrogen-bond acceptors (Lipinski definition) is 5. The van der Waals surface area contributed by atoms with Crippen molar-refractivity contribution >= 4 is 43.5 Å². The number of aromatic nitrogens is 3. The van der Waals surface area contributed by atoms with Crippen LogP contribution in [0.2, 0.25) is 0 Å². The first kappa shape index (κ1) is 20.8. The first-order chi connectivity index (χ1) is 15.6. The Bertz CT molecular complexity index is 1470. The summed E-state index contributed by atoms with van der Waals surface area (Å²) in [5.74, 6) is 0.250. The first-order valence-corrected chi connectivity index (χ1v) is 12.2. The number of rotatable bonds is 6. The number of pyridine rings is 1. The van der Waals surface area contributed by atoms with Crippen molar-refractivity contribution in [2.45, 2.75) is 30.8 Å². The minimum atomic E-state index is -0.269. The van der Waals surface area contributed by atoms with E-state index in [1.54, 1.807) is 16.8 Å². The molecule has 0 saturated heterocycles. The van der Waals surface area contributed by atoms with E-state index in [2.05, 4.69) is 36.2 Å². The van der Waals surface area contributed by atoms with Crippen molar-refractivity contribution in [2.24, 2.45) is 0 Å². The van der Waals surface area contributed by atoms with Gasteiger partial charge in [0.2, 0.25) is 0 Å². The molecule has 0 bridgehead atoms. The van der Waals surface area contributed by atoms with Crippen LogP contribution in [0.15, 0.2) is 76.8 Å². The van der Waals surface area contributed by atoms with Crippen LogP contribution in [-0.2, 0) is 18.7 Å². The Morgan fingerprint density at radius 1 is 1.03 bits per heavy atom. The third-order valence-electron chi connectivity index (χ3n) is 5.35. The van der Waals surface area contributed by atoms with Gasteiger partial charge in [0.05, 0.1) is 12.1 Å². The Morgan fingerprint density at radius 3 is 2.62 bits per heavy atom. The molecule has 7 heteroatoms. The van der Waals surface area contributed by atoms with Crippen LogP contribution in [0.4, 0.5) is 4.39 Å². The number of halogens is 1. The number of aryl methyl sites for hydroxylation is 1. The van der Waals surface area contributed by atoms with Crippen molar-refractivity contribution in [3.63, 3.8) is 0 Å². The van der Waals surface area contributed by atoms with Gasteiger partial charge in [0.15, 0.2) is 5.16 Å². The van der Waals surface area contributed by atoms with Gasteiger partial charge in [-0.2, -0.15) is 0 Å². The number of nitrogens with zero attached hydrogens (tertiary/aromatic N) is 3. The minimum absolute atomic E-state index is 0.0701. The number of benzene rings is 2. The molecule has 2 aromatic carbocycles.